The molecule has 1 atom stereocenters. The van der Waals surface area contributed by atoms with Crippen molar-refractivity contribution in [3.8, 4) is 5.75 Å². The van der Waals surface area contributed by atoms with E-state index in [0.717, 1.165) is 0 Å². The van der Waals surface area contributed by atoms with E-state index in [-0.39, 0.29) is 23.8 Å². The molecular weight excluding hydrogens is 344 g/mol. The van der Waals surface area contributed by atoms with Crippen LogP contribution in [0.5, 0.6) is 5.75 Å². The van der Waals surface area contributed by atoms with Crippen molar-refractivity contribution in [2.45, 2.75) is 46.7 Å². The molecule has 0 radical (unpaired) electrons. The fraction of sp³-hybridized carbons (Fsp3) is 0.450. The van der Waals surface area contributed by atoms with E-state index in [4.69, 9.17) is 4.74 Å². The number of amides is 2. The Labute approximate surface area is 160 Å². The maximum absolute atomic E-state index is 12.8. The number of anilines is 1. The quantitative estimate of drug-likeness (QED) is 0.745. The zero-order valence-corrected chi connectivity index (χ0v) is 16.5. The van der Waals surface area contributed by atoms with Gasteiger partial charge in [-0.15, -0.1) is 0 Å². The summed E-state index contributed by atoms with van der Waals surface area (Å²) in [6, 6.07) is 8.16. The van der Waals surface area contributed by atoms with Crippen LogP contribution in [0.3, 0.4) is 0 Å². The van der Waals surface area contributed by atoms with E-state index in [9.17, 15) is 9.59 Å². The topological polar surface area (TPSA) is 85.2 Å². The molecule has 1 heterocycles. The van der Waals surface area contributed by atoms with Gasteiger partial charge < -0.3 is 15.4 Å². The predicted molar refractivity (Wildman–Crippen MR) is 105 cm³/mol. The zero-order valence-electron chi connectivity index (χ0n) is 16.5. The molecular formula is C20H28N4O3. The van der Waals surface area contributed by atoms with Gasteiger partial charge in [-0.3, -0.25) is 9.59 Å². The van der Waals surface area contributed by atoms with Gasteiger partial charge in [0.15, 0.2) is 0 Å². The highest BCUT2D eigenvalue weighted by Crippen LogP contribution is 2.19. The first kappa shape index (κ1) is 20.5. The average Bonchev–Trinajstić information content (AvgIpc) is 3.08. The summed E-state index contributed by atoms with van der Waals surface area (Å²) >= 11 is 0. The third-order valence-corrected chi connectivity index (χ3v) is 4.08. The number of benzene rings is 1. The number of nitrogens with one attached hydrogen (secondary N) is 2. The summed E-state index contributed by atoms with van der Waals surface area (Å²) in [4.78, 5) is 25.6. The Bertz CT molecular complexity index is 783. The molecule has 0 aliphatic carbocycles. The van der Waals surface area contributed by atoms with E-state index in [1.807, 2.05) is 40.7 Å². The third kappa shape index (κ3) is 5.09. The SMILES string of the molecule is CCOc1ccccc1C(=O)NC(C(=O)Nc1ccnn1C(C)C)C(C)C. The lowest BCUT2D eigenvalue weighted by Crippen LogP contribution is -2.47. The minimum atomic E-state index is -0.692. The van der Waals surface area contributed by atoms with E-state index in [1.54, 1.807) is 35.1 Å². The molecule has 0 saturated heterocycles. The van der Waals surface area contributed by atoms with Crippen LogP contribution in [0, 0.1) is 5.92 Å². The number of carbonyl (C=O) groups excluding carboxylic acids is 2. The minimum absolute atomic E-state index is 0.0939. The lowest BCUT2D eigenvalue weighted by molar-refractivity contribution is -0.118. The molecule has 2 rings (SSSR count). The highest BCUT2D eigenvalue weighted by molar-refractivity contribution is 6.02. The highest BCUT2D eigenvalue weighted by atomic mass is 16.5. The smallest absolute Gasteiger partial charge is 0.255 e. The summed E-state index contributed by atoms with van der Waals surface area (Å²) < 4.78 is 7.24. The van der Waals surface area contributed by atoms with Crippen LogP contribution in [0.1, 0.15) is 51.0 Å². The Morgan fingerprint density at radius 2 is 1.85 bits per heavy atom. The second-order valence-corrected chi connectivity index (χ2v) is 6.87. The maximum Gasteiger partial charge on any atom is 0.255 e. The molecule has 2 aromatic rings. The number of aromatic nitrogens is 2. The van der Waals surface area contributed by atoms with Gasteiger partial charge in [0.05, 0.1) is 18.4 Å². The zero-order chi connectivity index (χ0) is 20.0. The number of para-hydroxylation sites is 1. The minimum Gasteiger partial charge on any atom is -0.493 e. The second kappa shape index (κ2) is 9.21. The van der Waals surface area contributed by atoms with Gasteiger partial charge in [-0.25, -0.2) is 4.68 Å². The fourth-order valence-electron chi connectivity index (χ4n) is 2.72. The summed E-state index contributed by atoms with van der Waals surface area (Å²) in [6.07, 6.45) is 1.64. The highest BCUT2D eigenvalue weighted by Gasteiger charge is 2.26. The Kier molecular flexibility index (Phi) is 6.98. The van der Waals surface area contributed by atoms with Crippen molar-refractivity contribution in [3.63, 3.8) is 0 Å². The van der Waals surface area contributed by atoms with Crippen molar-refractivity contribution in [3.05, 3.63) is 42.1 Å². The molecule has 0 saturated carbocycles. The molecule has 0 spiro atoms. The molecule has 146 valence electrons. The molecule has 7 nitrogen and oxygen atoms in total. The Morgan fingerprint density at radius 1 is 1.15 bits per heavy atom. The van der Waals surface area contributed by atoms with E-state index in [1.165, 1.54) is 0 Å². The van der Waals surface area contributed by atoms with Crippen LogP contribution in [0.4, 0.5) is 5.82 Å². The first-order chi connectivity index (χ1) is 12.8. The lowest BCUT2D eigenvalue weighted by atomic mass is 10.0. The van der Waals surface area contributed by atoms with Gasteiger partial charge in [0.25, 0.3) is 5.91 Å². The van der Waals surface area contributed by atoms with Crippen molar-refractivity contribution < 1.29 is 14.3 Å². The first-order valence-corrected chi connectivity index (χ1v) is 9.22. The summed E-state index contributed by atoms with van der Waals surface area (Å²) in [7, 11) is 0. The predicted octanol–water partition coefficient (Wildman–Crippen LogP) is 3.26. The van der Waals surface area contributed by atoms with Gasteiger partial charge in [0.1, 0.15) is 17.6 Å². The summed E-state index contributed by atoms with van der Waals surface area (Å²) in [6.45, 7) is 10.1. The number of hydrogen-bond acceptors (Lipinski definition) is 4. The van der Waals surface area contributed by atoms with Crippen LogP contribution in [-0.4, -0.2) is 34.2 Å². The Balaban J connectivity index is 2.16. The largest absolute Gasteiger partial charge is 0.493 e. The maximum atomic E-state index is 12.8. The van der Waals surface area contributed by atoms with Crippen molar-refractivity contribution in [1.82, 2.24) is 15.1 Å². The Hall–Kier alpha value is -2.83. The second-order valence-electron chi connectivity index (χ2n) is 6.87. The average molecular weight is 372 g/mol. The molecule has 1 unspecified atom stereocenters. The van der Waals surface area contributed by atoms with Gasteiger partial charge in [-0.05, 0) is 38.8 Å². The van der Waals surface area contributed by atoms with E-state index < -0.39 is 6.04 Å². The van der Waals surface area contributed by atoms with E-state index in [2.05, 4.69) is 15.7 Å². The van der Waals surface area contributed by atoms with Gasteiger partial charge >= 0.3 is 0 Å². The lowest BCUT2D eigenvalue weighted by Gasteiger charge is -2.23. The van der Waals surface area contributed by atoms with Gasteiger partial charge in [0.2, 0.25) is 5.91 Å². The van der Waals surface area contributed by atoms with Crippen LogP contribution < -0.4 is 15.4 Å². The van der Waals surface area contributed by atoms with Gasteiger partial charge in [-0.2, -0.15) is 5.10 Å². The fourth-order valence-corrected chi connectivity index (χ4v) is 2.72. The number of rotatable bonds is 8. The van der Waals surface area contributed by atoms with Crippen LogP contribution in [0.15, 0.2) is 36.5 Å². The molecule has 0 aliphatic rings. The standard InChI is InChI=1S/C20H28N4O3/c1-6-27-16-10-8-7-9-15(16)19(25)23-18(13(2)3)20(26)22-17-11-12-21-24(17)14(4)5/h7-14,18H,6H2,1-5H3,(H,22,26)(H,23,25). The third-order valence-electron chi connectivity index (χ3n) is 4.08. The summed E-state index contributed by atoms with van der Waals surface area (Å²) in [5.74, 6) is 0.381. The summed E-state index contributed by atoms with van der Waals surface area (Å²) in [5, 5.41) is 9.91. The van der Waals surface area contributed by atoms with Crippen LogP contribution in [0.2, 0.25) is 0 Å². The molecule has 1 aromatic heterocycles. The van der Waals surface area contributed by atoms with E-state index in [0.29, 0.717) is 23.7 Å². The van der Waals surface area contributed by atoms with Gasteiger partial charge in [-0.1, -0.05) is 26.0 Å². The van der Waals surface area contributed by atoms with Crippen LogP contribution >= 0.6 is 0 Å². The van der Waals surface area contributed by atoms with Gasteiger partial charge in [0, 0.05) is 12.1 Å². The normalized spacial score (nSPS) is 12.1. The molecule has 27 heavy (non-hydrogen) atoms. The number of carbonyl (C=O) groups is 2. The number of hydrogen-bond donors (Lipinski definition) is 2. The van der Waals surface area contributed by atoms with Crippen LogP contribution in [-0.2, 0) is 4.79 Å². The van der Waals surface area contributed by atoms with E-state index >= 15 is 0 Å². The molecule has 7 heteroatoms. The molecule has 2 amide bonds. The number of nitrogens with zero attached hydrogens (tertiary/aromatic N) is 2. The van der Waals surface area contributed by atoms with Crippen LogP contribution in [0.25, 0.3) is 0 Å². The van der Waals surface area contributed by atoms with Crippen molar-refractivity contribution in [1.29, 1.82) is 0 Å². The molecule has 0 aliphatic heterocycles. The van der Waals surface area contributed by atoms with Crippen molar-refractivity contribution in [2.24, 2.45) is 5.92 Å². The monoisotopic (exact) mass is 372 g/mol. The van der Waals surface area contributed by atoms with Crippen molar-refractivity contribution >= 4 is 17.6 Å². The molecule has 0 bridgehead atoms. The Morgan fingerprint density at radius 3 is 2.48 bits per heavy atom. The number of ether oxygens (including phenoxy) is 1. The molecule has 0 fully saturated rings. The molecule has 2 N–H and O–H groups in total. The summed E-state index contributed by atoms with van der Waals surface area (Å²) in [5.41, 5.74) is 0.407. The first-order valence-electron chi connectivity index (χ1n) is 9.22. The molecule has 1 aromatic carbocycles. The van der Waals surface area contributed by atoms with Crippen molar-refractivity contribution in [2.75, 3.05) is 11.9 Å².